The fourth-order valence-corrected chi connectivity index (χ4v) is 2.44. The van der Waals surface area contributed by atoms with Crippen LogP contribution in [0.3, 0.4) is 0 Å². The summed E-state index contributed by atoms with van der Waals surface area (Å²) < 4.78 is 18.2. The zero-order valence-corrected chi connectivity index (χ0v) is 14.1. The largest absolute Gasteiger partial charge is 0.494 e. The summed E-state index contributed by atoms with van der Waals surface area (Å²) in [5, 5.41) is 2.93. The topological polar surface area (TPSA) is 38.3 Å². The van der Waals surface area contributed by atoms with Gasteiger partial charge in [0.15, 0.2) is 0 Å². The number of aryl methyl sites for hydroxylation is 2. The SMILES string of the molecule is CCOc1ccc(CCCNC(=O)CCc2ccc(F)cc2)cc1. The van der Waals surface area contributed by atoms with Crippen molar-refractivity contribution in [3.8, 4) is 5.75 Å². The van der Waals surface area contributed by atoms with Crippen molar-refractivity contribution in [2.24, 2.45) is 0 Å². The summed E-state index contributed by atoms with van der Waals surface area (Å²) in [4.78, 5) is 11.8. The molecule has 0 heterocycles. The molecule has 1 N–H and O–H groups in total. The third-order valence-corrected chi connectivity index (χ3v) is 3.75. The van der Waals surface area contributed by atoms with Gasteiger partial charge in [-0.05, 0) is 61.6 Å². The lowest BCUT2D eigenvalue weighted by molar-refractivity contribution is -0.121. The van der Waals surface area contributed by atoms with Gasteiger partial charge in [-0.1, -0.05) is 24.3 Å². The molecule has 0 atom stereocenters. The van der Waals surface area contributed by atoms with Gasteiger partial charge in [-0.3, -0.25) is 4.79 Å². The van der Waals surface area contributed by atoms with E-state index in [1.54, 1.807) is 12.1 Å². The van der Waals surface area contributed by atoms with Gasteiger partial charge in [-0.25, -0.2) is 4.39 Å². The number of amides is 1. The highest BCUT2D eigenvalue weighted by Gasteiger charge is 2.02. The summed E-state index contributed by atoms with van der Waals surface area (Å²) in [6, 6.07) is 14.3. The van der Waals surface area contributed by atoms with Gasteiger partial charge in [0, 0.05) is 13.0 Å². The van der Waals surface area contributed by atoms with Crippen LogP contribution in [-0.2, 0) is 17.6 Å². The number of nitrogens with one attached hydrogen (secondary N) is 1. The summed E-state index contributed by atoms with van der Waals surface area (Å²) in [7, 11) is 0. The van der Waals surface area contributed by atoms with Crippen molar-refractivity contribution in [1.29, 1.82) is 0 Å². The Kier molecular flexibility index (Phi) is 7.27. The van der Waals surface area contributed by atoms with Gasteiger partial charge in [-0.15, -0.1) is 0 Å². The number of halogens is 1. The highest BCUT2D eigenvalue weighted by molar-refractivity contribution is 5.76. The van der Waals surface area contributed by atoms with E-state index in [1.165, 1.54) is 17.7 Å². The van der Waals surface area contributed by atoms with Crippen LogP contribution in [0, 0.1) is 5.82 Å². The van der Waals surface area contributed by atoms with Crippen molar-refractivity contribution in [1.82, 2.24) is 5.32 Å². The minimum absolute atomic E-state index is 0.0334. The smallest absolute Gasteiger partial charge is 0.220 e. The average molecular weight is 329 g/mol. The number of rotatable bonds is 9. The van der Waals surface area contributed by atoms with Gasteiger partial charge in [0.1, 0.15) is 11.6 Å². The Morgan fingerprint density at radius 2 is 1.62 bits per heavy atom. The van der Waals surface area contributed by atoms with E-state index in [4.69, 9.17) is 4.74 Å². The molecule has 24 heavy (non-hydrogen) atoms. The number of carbonyl (C=O) groups is 1. The number of ether oxygens (including phenoxy) is 1. The van der Waals surface area contributed by atoms with E-state index < -0.39 is 0 Å². The molecular weight excluding hydrogens is 305 g/mol. The molecule has 0 unspecified atom stereocenters. The zero-order valence-electron chi connectivity index (χ0n) is 14.1. The van der Waals surface area contributed by atoms with Crippen molar-refractivity contribution in [2.75, 3.05) is 13.2 Å². The van der Waals surface area contributed by atoms with Crippen LogP contribution in [0.2, 0.25) is 0 Å². The zero-order chi connectivity index (χ0) is 17.2. The Bertz CT molecular complexity index is 623. The Hall–Kier alpha value is -2.36. The Labute approximate surface area is 142 Å². The first-order valence-corrected chi connectivity index (χ1v) is 8.40. The summed E-state index contributed by atoms with van der Waals surface area (Å²) in [6.07, 6.45) is 2.88. The van der Waals surface area contributed by atoms with Gasteiger partial charge < -0.3 is 10.1 Å². The third kappa shape index (κ3) is 6.41. The lowest BCUT2D eigenvalue weighted by Crippen LogP contribution is -2.24. The molecule has 2 aromatic carbocycles. The van der Waals surface area contributed by atoms with Crippen molar-refractivity contribution in [3.05, 3.63) is 65.5 Å². The molecule has 0 aliphatic heterocycles. The number of hydrogen-bond acceptors (Lipinski definition) is 2. The maximum Gasteiger partial charge on any atom is 0.220 e. The summed E-state index contributed by atoms with van der Waals surface area (Å²) in [6.45, 7) is 3.30. The molecule has 0 aliphatic carbocycles. The molecule has 0 spiro atoms. The summed E-state index contributed by atoms with van der Waals surface area (Å²) in [5.41, 5.74) is 2.21. The standard InChI is InChI=1S/C20H24FNO2/c1-2-24-19-12-7-16(8-13-19)4-3-15-22-20(23)14-9-17-5-10-18(21)11-6-17/h5-8,10-13H,2-4,9,14-15H2,1H3,(H,22,23). The van der Waals surface area contributed by atoms with Crippen LogP contribution in [0.1, 0.15) is 30.9 Å². The molecule has 1 amide bonds. The van der Waals surface area contributed by atoms with Crippen LogP contribution >= 0.6 is 0 Å². The molecular formula is C20H24FNO2. The quantitative estimate of drug-likeness (QED) is 0.709. The molecule has 0 saturated heterocycles. The number of benzene rings is 2. The molecule has 3 nitrogen and oxygen atoms in total. The second-order valence-electron chi connectivity index (χ2n) is 5.66. The molecule has 2 aromatic rings. The first-order valence-electron chi connectivity index (χ1n) is 8.40. The third-order valence-electron chi connectivity index (χ3n) is 3.75. The molecule has 128 valence electrons. The van der Waals surface area contributed by atoms with E-state index in [-0.39, 0.29) is 11.7 Å². The van der Waals surface area contributed by atoms with Crippen molar-refractivity contribution in [3.63, 3.8) is 0 Å². The first kappa shape index (κ1) is 18.0. The Morgan fingerprint density at radius 3 is 2.29 bits per heavy atom. The summed E-state index contributed by atoms with van der Waals surface area (Å²) >= 11 is 0. The van der Waals surface area contributed by atoms with E-state index >= 15 is 0 Å². The van der Waals surface area contributed by atoms with Crippen LogP contribution in [0.15, 0.2) is 48.5 Å². The Balaban J connectivity index is 1.61. The monoisotopic (exact) mass is 329 g/mol. The van der Waals surface area contributed by atoms with Crippen LogP contribution in [0.25, 0.3) is 0 Å². The molecule has 0 aromatic heterocycles. The minimum Gasteiger partial charge on any atom is -0.494 e. The highest BCUT2D eigenvalue weighted by atomic mass is 19.1. The number of hydrogen-bond donors (Lipinski definition) is 1. The van der Waals surface area contributed by atoms with E-state index in [1.807, 2.05) is 19.1 Å². The minimum atomic E-state index is -0.252. The lowest BCUT2D eigenvalue weighted by atomic mass is 10.1. The molecule has 0 radical (unpaired) electrons. The maximum atomic E-state index is 12.8. The molecule has 0 bridgehead atoms. The lowest BCUT2D eigenvalue weighted by Gasteiger charge is -2.07. The fourth-order valence-electron chi connectivity index (χ4n) is 2.44. The van der Waals surface area contributed by atoms with E-state index in [0.717, 1.165) is 24.2 Å². The van der Waals surface area contributed by atoms with E-state index in [9.17, 15) is 9.18 Å². The predicted octanol–water partition coefficient (Wildman–Crippen LogP) is 3.91. The van der Waals surface area contributed by atoms with Crippen LogP contribution in [0.5, 0.6) is 5.75 Å². The van der Waals surface area contributed by atoms with Crippen LogP contribution < -0.4 is 10.1 Å². The number of carbonyl (C=O) groups excluding carboxylic acids is 1. The fraction of sp³-hybridized carbons (Fsp3) is 0.350. The van der Waals surface area contributed by atoms with Crippen molar-refractivity contribution >= 4 is 5.91 Å². The molecule has 4 heteroatoms. The van der Waals surface area contributed by atoms with Gasteiger partial charge in [-0.2, -0.15) is 0 Å². The van der Waals surface area contributed by atoms with Gasteiger partial charge in [0.05, 0.1) is 6.61 Å². The van der Waals surface area contributed by atoms with Gasteiger partial charge in [0.2, 0.25) is 5.91 Å². The molecule has 0 fully saturated rings. The first-order chi connectivity index (χ1) is 11.7. The van der Waals surface area contributed by atoms with Crippen LogP contribution in [0.4, 0.5) is 4.39 Å². The van der Waals surface area contributed by atoms with Gasteiger partial charge in [0.25, 0.3) is 0 Å². The van der Waals surface area contributed by atoms with Crippen molar-refractivity contribution < 1.29 is 13.9 Å². The second kappa shape index (κ2) is 9.71. The predicted molar refractivity (Wildman–Crippen MR) is 93.7 cm³/mol. The molecule has 2 rings (SSSR count). The van der Waals surface area contributed by atoms with Gasteiger partial charge >= 0.3 is 0 Å². The van der Waals surface area contributed by atoms with E-state index in [2.05, 4.69) is 17.4 Å². The second-order valence-corrected chi connectivity index (χ2v) is 5.66. The average Bonchev–Trinajstić information content (AvgIpc) is 2.60. The van der Waals surface area contributed by atoms with E-state index in [0.29, 0.717) is 26.0 Å². The Morgan fingerprint density at radius 1 is 1.00 bits per heavy atom. The summed E-state index contributed by atoms with van der Waals surface area (Å²) in [5.74, 6) is 0.666. The van der Waals surface area contributed by atoms with Crippen LogP contribution in [-0.4, -0.2) is 19.1 Å². The maximum absolute atomic E-state index is 12.8. The highest BCUT2D eigenvalue weighted by Crippen LogP contribution is 2.13. The normalized spacial score (nSPS) is 10.4. The molecule has 0 aliphatic rings. The van der Waals surface area contributed by atoms with Crippen molar-refractivity contribution in [2.45, 2.75) is 32.6 Å². The molecule has 0 saturated carbocycles.